The van der Waals surface area contributed by atoms with Crippen LogP contribution >= 0.6 is 0 Å². The number of aliphatic imine (C=N–C) groups is 2. The molecule has 3 nitrogen and oxygen atoms in total. The van der Waals surface area contributed by atoms with E-state index in [0.717, 1.165) is 0 Å². The van der Waals surface area contributed by atoms with Crippen LogP contribution in [-0.2, 0) is 0 Å². The summed E-state index contributed by atoms with van der Waals surface area (Å²) in [7, 11) is 0. The van der Waals surface area contributed by atoms with E-state index in [1.165, 1.54) is 0 Å². The molecular formula is C8H17N3. The Morgan fingerprint density at radius 3 is 2.45 bits per heavy atom. The molecule has 0 saturated carbocycles. The van der Waals surface area contributed by atoms with Gasteiger partial charge in [0.25, 0.3) is 0 Å². The molecule has 0 radical (unpaired) electrons. The second kappa shape index (κ2) is 4.11. The molecule has 0 aliphatic rings. The van der Waals surface area contributed by atoms with Crippen molar-refractivity contribution in [2.75, 3.05) is 6.54 Å². The molecule has 3 heteroatoms. The number of nitrogens with zero attached hydrogens (tertiary/aromatic N) is 2. The van der Waals surface area contributed by atoms with Gasteiger partial charge in [-0.1, -0.05) is 0 Å². The van der Waals surface area contributed by atoms with Crippen LogP contribution in [0.1, 0.15) is 27.7 Å². The van der Waals surface area contributed by atoms with E-state index in [0.29, 0.717) is 12.4 Å². The highest BCUT2D eigenvalue weighted by atomic mass is 14.9. The van der Waals surface area contributed by atoms with E-state index < -0.39 is 0 Å². The van der Waals surface area contributed by atoms with E-state index in [1.807, 2.05) is 20.8 Å². The average Bonchev–Trinajstić information content (AvgIpc) is 1.84. The van der Waals surface area contributed by atoms with E-state index in [1.54, 1.807) is 13.1 Å². The molecule has 64 valence electrons. The Balaban J connectivity index is 4.02. The molecule has 2 N–H and O–H groups in total. The van der Waals surface area contributed by atoms with Gasteiger partial charge in [0.1, 0.15) is 0 Å². The first-order chi connectivity index (χ1) is 4.98. The van der Waals surface area contributed by atoms with Crippen LogP contribution in [0.15, 0.2) is 9.98 Å². The zero-order valence-electron chi connectivity index (χ0n) is 7.76. The molecule has 0 aliphatic carbocycles. The molecule has 0 aromatic heterocycles. The summed E-state index contributed by atoms with van der Waals surface area (Å²) in [6.07, 6.45) is 1.79. The van der Waals surface area contributed by atoms with Crippen LogP contribution in [0.4, 0.5) is 0 Å². The molecule has 0 aromatic rings. The van der Waals surface area contributed by atoms with Gasteiger partial charge in [0.2, 0.25) is 0 Å². The maximum atomic E-state index is 5.39. The van der Waals surface area contributed by atoms with E-state index >= 15 is 0 Å². The number of hydrogen-bond acceptors (Lipinski definition) is 2. The predicted molar refractivity (Wildman–Crippen MR) is 50.4 cm³/mol. The van der Waals surface area contributed by atoms with Crippen molar-refractivity contribution in [2.24, 2.45) is 15.7 Å². The molecular weight excluding hydrogens is 138 g/mol. The highest BCUT2D eigenvalue weighted by molar-refractivity contribution is 5.77. The van der Waals surface area contributed by atoms with Crippen molar-refractivity contribution in [2.45, 2.75) is 33.2 Å². The molecule has 0 spiro atoms. The van der Waals surface area contributed by atoms with Gasteiger partial charge in [-0.25, -0.2) is 0 Å². The first kappa shape index (κ1) is 10.1. The first-order valence-electron chi connectivity index (χ1n) is 3.74. The quantitative estimate of drug-likeness (QED) is 0.483. The van der Waals surface area contributed by atoms with Crippen molar-refractivity contribution >= 4 is 12.1 Å². The molecule has 0 fully saturated rings. The fourth-order valence-corrected chi connectivity index (χ4v) is 0.708. The summed E-state index contributed by atoms with van der Waals surface area (Å²) in [4.78, 5) is 8.34. The number of hydrogen-bond donors (Lipinski definition) is 1. The van der Waals surface area contributed by atoms with Gasteiger partial charge in [-0.2, -0.15) is 0 Å². The summed E-state index contributed by atoms with van der Waals surface area (Å²) in [6, 6.07) is 0. The summed E-state index contributed by atoms with van der Waals surface area (Å²) < 4.78 is 0. The Hall–Kier alpha value is -0.860. The van der Waals surface area contributed by atoms with Crippen LogP contribution in [0.5, 0.6) is 0 Å². The van der Waals surface area contributed by atoms with Gasteiger partial charge in [0.15, 0.2) is 0 Å². The lowest BCUT2D eigenvalue weighted by Gasteiger charge is -2.15. The molecule has 0 atom stereocenters. The van der Waals surface area contributed by atoms with Crippen molar-refractivity contribution in [1.82, 2.24) is 0 Å². The summed E-state index contributed by atoms with van der Waals surface area (Å²) in [5.41, 5.74) is 5.28. The average molecular weight is 155 g/mol. The van der Waals surface area contributed by atoms with Gasteiger partial charge >= 0.3 is 0 Å². The Morgan fingerprint density at radius 1 is 1.55 bits per heavy atom. The fourth-order valence-electron chi connectivity index (χ4n) is 0.708. The van der Waals surface area contributed by atoms with Crippen molar-refractivity contribution in [3.63, 3.8) is 0 Å². The Kier molecular flexibility index (Phi) is 3.79. The lowest BCUT2D eigenvalue weighted by Crippen LogP contribution is -2.23. The van der Waals surface area contributed by atoms with Crippen LogP contribution in [0, 0.1) is 0 Å². The Labute approximate surface area is 68.4 Å². The zero-order chi connectivity index (χ0) is 8.91. The molecule has 0 rings (SSSR count). The van der Waals surface area contributed by atoms with Crippen LogP contribution in [0.25, 0.3) is 0 Å². The molecule has 0 bridgehead atoms. The van der Waals surface area contributed by atoms with Gasteiger partial charge in [-0.15, -0.1) is 0 Å². The van der Waals surface area contributed by atoms with Gasteiger partial charge in [-0.05, 0) is 33.9 Å². The van der Waals surface area contributed by atoms with Crippen LogP contribution in [-0.4, -0.2) is 24.1 Å². The highest BCUT2D eigenvalue weighted by Crippen LogP contribution is 2.07. The van der Waals surface area contributed by atoms with Crippen LogP contribution in [0.2, 0.25) is 0 Å². The van der Waals surface area contributed by atoms with E-state index in [9.17, 15) is 0 Å². The van der Waals surface area contributed by atoms with Crippen molar-refractivity contribution in [3.05, 3.63) is 0 Å². The number of rotatable bonds is 3. The fraction of sp³-hybridized carbons (Fsp3) is 0.750. The third kappa shape index (κ3) is 5.58. The topological polar surface area (TPSA) is 50.7 Å². The third-order valence-corrected chi connectivity index (χ3v) is 1.19. The van der Waals surface area contributed by atoms with Crippen LogP contribution < -0.4 is 5.73 Å². The lowest BCUT2D eigenvalue weighted by molar-refractivity contribution is 0.539. The Morgan fingerprint density at radius 2 is 2.09 bits per heavy atom. The number of nitrogens with two attached hydrogens (primary N) is 1. The highest BCUT2D eigenvalue weighted by Gasteiger charge is 2.13. The summed E-state index contributed by atoms with van der Waals surface area (Å²) in [6.45, 7) is 8.39. The molecule has 11 heavy (non-hydrogen) atoms. The standard InChI is InChI=1S/C8H17N3/c1-5-11-8(3,4)6-10-7(2)9/h5H,6H2,1-4H3,(H2,9,10). The smallest absolute Gasteiger partial charge is 0.0906 e. The second-order valence-corrected chi connectivity index (χ2v) is 3.16. The molecule has 0 heterocycles. The first-order valence-corrected chi connectivity index (χ1v) is 3.74. The molecule has 0 unspecified atom stereocenters. The number of amidine groups is 1. The van der Waals surface area contributed by atoms with Crippen LogP contribution in [0.3, 0.4) is 0 Å². The maximum Gasteiger partial charge on any atom is 0.0906 e. The molecule has 0 aliphatic heterocycles. The maximum absolute atomic E-state index is 5.39. The minimum Gasteiger partial charge on any atom is -0.388 e. The van der Waals surface area contributed by atoms with E-state index in [4.69, 9.17) is 5.73 Å². The van der Waals surface area contributed by atoms with Crippen molar-refractivity contribution in [3.8, 4) is 0 Å². The molecule has 0 aromatic carbocycles. The van der Waals surface area contributed by atoms with E-state index in [-0.39, 0.29) is 5.54 Å². The third-order valence-electron chi connectivity index (χ3n) is 1.19. The van der Waals surface area contributed by atoms with Gasteiger partial charge in [0, 0.05) is 0 Å². The van der Waals surface area contributed by atoms with Gasteiger partial charge in [0.05, 0.1) is 17.9 Å². The summed E-state index contributed by atoms with van der Waals surface area (Å²) in [5, 5.41) is 0. The molecule has 0 amide bonds. The summed E-state index contributed by atoms with van der Waals surface area (Å²) >= 11 is 0. The SMILES string of the molecule is CC=NC(C)(C)CN=C(C)N. The monoisotopic (exact) mass is 155 g/mol. The van der Waals surface area contributed by atoms with Crippen molar-refractivity contribution < 1.29 is 0 Å². The zero-order valence-corrected chi connectivity index (χ0v) is 7.76. The lowest BCUT2D eigenvalue weighted by atomic mass is 10.1. The summed E-state index contributed by atoms with van der Waals surface area (Å²) in [5.74, 6) is 0.615. The minimum absolute atomic E-state index is 0.116. The largest absolute Gasteiger partial charge is 0.388 e. The normalized spacial score (nSPS) is 14.4. The van der Waals surface area contributed by atoms with Gasteiger partial charge in [-0.3, -0.25) is 9.98 Å². The minimum atomic E-state index is -0.116. The molecule has 0 saturated heterocycles. The second-order valence-electron chi connectivity index (χ2n) is 3.16. The van der Waals surface area contributed by atoms with Crippen molar-refractivity contribution in [1.29, 1.82) is 0 Å². The Bertz CT molecular complexity index is 164. The van der Waals surface area contributed by atoms with E-state index in [2.05, 4.69) is 9.98 Å². The predicted octanol–water partition coefficient (Wildman–Crippen LogP) is 1.23. The van der Waals surface area contributed by atoms with Gasteiger partial charge < -0.3 is 5.73 Å².